The van der Waals surface area contributed by atoms with Gasteiger partial charge in [-0.2, -0.15) is 0 Å². The van der Waals surface area contributed by atoms with Crippen LogP contribution in [0.5, 0.6) is 11.5 Å². The monoisotopic (exact) mass is 448 g/mol. The molecule has 2 aromatic carbocycles. The zero-order chi connectivity index (χ0) is 19.9. The van der Waals surface area contributed by atoms with Gasteiger partial charge in [0, 0.05) is 18.7 Å². The van der Waals surface area contributed by atoms with Crippen LogP contribution in [0.25, 0.3) is 0 Å². The number of nitrogens with one attached hydrogen (secondary N) is 1. The highest BCUT2D eigenvalue weighted by atomic mass is 79.9. The second-order valence-electron chi connectivity index (χ2n) is 6.41. The number of rotatable bonds is 7. The summed E-state index contributed by atoms with van der Waals surface area (Å²) in [5, 5.41) is 3.03. The maximum atomic E-state index is 12.9. The number of hydrogen-bond acceptors (Lipinski definition) is 5. The number of halogens is 1. The van der Waals surface area contributed by atoms with E-state index in [1.54, 1.807) is 19.2 Å². The highest BCUT2D eigenvalue weighted by Crippen LogP contribution is 2.37. The van der Waals surface area contributed by atoms with Gasteiger partial charge in [-0.1, -0.05) is 19.1 Å². The van der Waals surface area contributed by atoms with Gasteiger partial charge in [0.05, 0.1) is 42.8 Å². The molecule has 2 aromatic rings. The maximum Gasteiger partial charge on any atom is 0.255 e. The van der Waals surface area contributed by atoms with Crippen LogP contribution in [0.4, 0.5) is 11.4 Å². The Kier molecular flexibility index (Phi) is 7.17. The number of ether oxygens (including phenoxy) is 3. The molecule has 1 amide bonds. The molecule has 1 fully saturated rings. The van der Waals surface area contributed by atoms with Gasteiger partial charge in [-0.25, -0.2) is 0 Å². The molecule has 0 spiro atoms. The lowest BCUT2D eigenvalue weighted by atomic mass is 10.1. The van der Waals surface area contributed by atoms with E-state index in [4.69, 9.17) is 14.2 Å². The number of nitrogens with zero attached hydrogens (tertiary/aromatic N) is 1. The van der Waals surface area contributed by atoms with Crippen molar-refractivity contribution in [2.24, 2.45) is 0 Å². The van der Waals surface area contributed by atoms with Crippen molar-refractivity contribution in [2.75, 3.05) is 50.2 Å². The largest absolute Gasteiger partial charge is 0.493 e. The summed E-state index contributed by atoms with van der Waals surface area (Å²) in [5.41, 5.74) is 2.26. The normalized spacial score (nSPS) is 13.9. The Bertz CT molecular complexity index is 822. The summed E-state index contributed by atoms with van der Waals surface area (Å²) in [5.74, 6) is 0.922. The topological polar surface area (TPSA) is 60.0 Å². The molecule has 1 saturated heterocycles. The second-order valence-corrected chi connectivity index (χ2v) is 7.26. The molecule has 0 unspecified atom stereocenters. The second kappa shape index (κ2) is 9.80. The lowest BCUT2D eigenvalue weighted by Gasteiger charge is -2.30. The summed E-state index contributed by atoms with van der Waals surface area (Å²) in [6, 6.07) is 11.3. The molecular formula is C21H25BrN2O4. The highest BCUT2D eigenvalue weighted by Gasteiger charge is 2.19. The molecule has 0 radical (unpaired) electrons. The lowest BCUT2D eigenvalue weighted by molar-refractivity contribution is 0.102. The van der Waals surface area contributed by atoms with Crippen molar-refractivity contribution in [1.29, 1.82) is 0 Å². The number of morpholine rings is 1. The fourth-order valence-corrected chi connectivity index (χ4v) is 3.61. The first kappa shape index (κ1) is 20.5. The van der Waals surface area contributed by atoms with Crippen molar-refractivity contribution >= 4 is 33.2 Å². The van der Waals surface area contributed by atoms with Crippen molar-refractivity contribution in [3.63, 3.8) is 0 Å². The molecule has 1 aliphatic rings. The van der Waals surface area contributed by atoms with Gasteiger partial charge in [-0.05, 0) is 46.6 Å². The third-order valence-corrected chi connectivity index (χ3v) is 5.04. The van der Waals surface area contributed by atoms with E-state index in [-0.39, 0.29) is 5.91 Å². The van der Waals surface area contributed by atoms with Crippen LogP contribution in [0.3, 0.4) is 0 Å². The minimum atomic E-state index is -0.207. The van der Waals surface area contributed by atoms with E-state index >= 15 is 0 Å². The molecule has 150 valence electrons. The first-order valence-corrected chi connectivity index (χ1v) is 10.2. The molecule has 1 heterocycles. The van der Waals surface area contributed by atoms with Gasteiger partial charge in [0.25, 0.3) is 5.91 Å². The number of methoxy groups -OCH3 is 1. The standard InChI is InChI=1S/C21H25BrN2O4/c1-3-10-28-20-16(22)13-15(14-19(20)26-2)21(25)23-17-6-4-5-7-18(17)24-8-11-27-12-9-24/h4-7,13-14H,3,8-12H2,1-2H3,(H,23,25). The van der Waals surface area contributed by atoms with Gasteiger partial charge in [0.15, 0.2) is 11.5 Å². The van der Waals surface area contributed by atoms with Crippen molar-refractivity contribution < 1.29 is 19.0 Å². The fraction of sp³-hybridized carbons (Fsp3) is 0.381. The molecule has 0 atom stereocenters. The Morgan fingerprint density at radius 1 is 1.25 bits per heavy atom. The number of anilines is 2. The molecule has 3 rings (SSSR count). The van der Waals surface area contributed by atoms with Crippen molar-refractivity contribution in [2.45, 2.75) is 13.3 Å². The molecule has 0 aliphatic carbocycles. The van der Waals surface area contributed by atoms with Crippen LogP contribution in [-0.2, 0) is 4.74 Å². The van der Waals surface area contributed by atoms with E-state index < -0.39 is 0 Å². The third kappa shape index (κ3) is 4.77. The molecule has 0 bridgehead atoms. The zero-order valence-electron chi connectivity index (χ0n) is 16.2. The predicted octanol–water partition coefficient (Wildman–Crippen LogP) is 4.34. The number of para-hydroxylation sites is 2. The summed E-state index contributed by atoms with van der Waals surface area (Å²) in [6.45, 7) is 5.59. The van der Waals surface area contributed by atoms with Crippen LogP contribution in [0.2, 0.25) is 0 Å². The van der Waals surface area contributed by atoms with Crippen LogP contribution in [-0.4, -0.2) is 45.9 Å². The molecule has 0 saturated carbocycles. The van der Waals surface area contributed by atoms with Gasteiger partial charge < -0.3 is 24.4 Å². The molecule has 1 aliphatic heterocycles. The van der Waals surface area contributed by atoms with E-state index in [9.17, 15) is 4.79 Å². The van der Waals surface area contributed by atoms with Gasteiger partial charge in [-0.3, -0.25) is 4.79 Å². The highest BCUT2D eigenvalue weighted by molar-refractivity contribution is 9.10. The van der Waals surface area contributed by atoms with Crippen molar-refractivity contribution in [1.82, 2.24) is 0 Å². The zero-order valence-corrected chi connectivity index (χ0v) is 17.8. The van der Waals surface area contributed by atoms with Gasteiger partial charge in [-0.15, -0.1) is 0 Å². The molecular weight excluding hydrogens is 424 g/mol. The lowest BCUT2D eigenvalue weighted by Crippen LogP contribution is -2.36. The Morgan fingerprint density at radius 3 is 2.71 bits per heavy atom. The first-order chi connectivity index (χ1) is 13.6. The maximum absolute atomic E-state index is 12.9. The quantitative estimate of drug-likeness (QED) is 0.682. The van der Waals surface area contributed by atoms with Gasteiger partial charge in [0.1, 0.15) is 0 Å². The molecule has 28 heavy (non-hydrogen) atoms. The Morgan fingerprint density at radius 2 is 2.00 bits per heavy atom. The van der Waals surface area contributed by atoms with Gasteiger partial charge >= 0.3 is 0 Å². The van der Waals surface area contributed by atoms with Crippen LogP contribution in [0, 0.1) is 0 Å². The Labute approximate surface area is 173 Å². The predicted molar refractivity (Wildman–Crippen MR) is 114 cm³/mol. The SMILES string of the molecule is CCCOc1c(Br)cc(C(=O)Nc2ccccc2N2CCOCC2)cc1OC. The molecule has 7 heteroatoms. The van der Waals surface area contributed by atoms with Crippen LogP contribution < -0.4 is 19.7 Å². The number of benzene rings is 2. The average molecular weight is 449 g/mol. The van der Waals surface area contributed by atoms with Crippen molar-refractivity contribution in [3.8, 4) is 11.5 Å². The number of hydrogen-bond donors (Lipinski definition) is 1. The van der Waals surface area contributed by atoms with E-state index in [1.807, 2.05) is 31.2 Å². The Balaban J connectivity index is 1.83. The van der Waals surface area contributed by atoms with Crippen LogP contribution in [0.1, 0.15) is 23.7 Å². The van der Waals surface area contributed by atoms with E-state index in [0.29, 0.717) is 41.4 Å². The van der Waals surface area contributed by atoms with Gasteiger partial charge in [0.2, 0.25) is 0 Å². The summed E-state index contributed by atoms with van der Waals surface area (Å²) in [4.78, 5) is 15.1. The number of carbonyl (C=O) groups excluding carboxylic acids is 1. The van der Waals surface area contributed by atoms with Crippen LogP contribution in [0.15, 0.2) is 40.9 Å². The fourth-order valence-electron chi connectivity index (χ4n) is 3.05. The van der Waals surface area contributed by atoms with Crippen molar-refractivity contribution in [3.05, 3.63) is 46.4 Å². The smallest absolute Gasteiger partial charge is 0.255 e. The van der Waals surface area contributed by atoms with E-state index in [1.165, 1.54) is 0 Å². The summed E-state index contributed by atoms with van der Waals surface area (Å²) in [6.07, 6.45) is 0.885. The van der Waals surface area contributed by atoms with E-state index in [2.05, 4.69) is 26.1 Å². The molecule has 1 N–H and O–H groups in total. The minimum absolute atomic E-state index is 0.207. The molecule has 0 aromatic heterocycles. The minimum Gasteiger partial charge on any atom is -0.493 e. The summed E-state index contributed by atoms with van der Waals surface area (Å²) < 4.78 is 17.3. The number of amides is 1. The average Bonchev–Trinajstić information content (AvgIpc) is 2.73. The van der Waals surface area contributed by atoms with Crippen LogP contribution >= 0.6 is 15.9 Å². The first-order valence-electron chi connectivity index (χ1n) is 9.37. The summed E-state index contributed by atoms with van der Waals surface area (Å²) >= 11 is 3.49. The van der Waals surface area contributed by atoms with E-state index in [0.717, 1.165) is 30.9 Å². The third-order valence-electron chi connectivity index (χ3n) is 4.45. The molecule has 6 nitrogen and oxygen atoms in total. The number of carbonyl (C=O) groups is 1. The Hall–Kier alpha value is -2.25. The summed E-state index contributed by atoms with van der Waals surface area (Å²) in [7, 11) is 1.57.